The molecule has 0 aromatic carbocycles. The third-order valence-electron chi connectivity index (χ3n) is 4.00. The molecule has 2 aliphatic heterocycles. The predicted octanol–water partition coefficient (Wildman–Crippen LogP) is 2.77. The Morgan fingerprint density at radius 3 is 2.78 bits per heavy atom. The predicted molar refractivity (Wildman–Crippen MR) is 79.2 cm³/mol. The first-order valence-corrected chi connectivity index (χ1v) is 7.89. The second-order valence-electron chi connectivity index (χ2n) is 5.76. The van der Waals surface area contributed by atoms with E-state index in [1.54, 1.807) is 0 Å². The maximum absolute atomic E-state index is 13.2. The van der Waals surface area contributed by atoms with E-state index in [0.29, 0.717) is 13.2 Å². The molecule has 2 saturated heterocycles. The Morgan fingerprint density at radius 1 is 1.43 bits per heavy atom. The number of likely N-dealkylation sites (tertiary alicyclic amines) is 1. The number of hydrogen-bond donors (Lipinski definition) is 0. The Balaban J connectivity index is 1.66. The fourth-order valence-corrected chi connectivity index (χ4v) is 2.82. The van der Waals surface area contributed by atoms with Gasteiger partial charge in [0.15, 0.2) is 0 Å². The number of carbonyl (C=O) groups excluding carboxylic acids is 1. The summed E-state index contributed by atoms with van der Waals surface area (Å²) in [5.74, 6) is -2.78. The molecule has 23 heavy (non-hydrogen) atoms. The van der Waals surface area contributed by atoms with Crippen molar-refractivity contribution >= 4 is 17.5 Å². The summed E-state index contributed by atoms with van der Waals surface area (Å²) >= 11 is 6.12. The van der Waals surface area contributed by atoms with E-state index in [1.807, 2.05) is 0 Å². The van der Waals surface area contributed by atoms with Crippen LogP contribution in [-0.4, -0.2) is 54.1 Å². The van der Waals surface area contributed by atoms with Gasteiger partial charge in [-0.1, -0.05) is 11.6 Å². The van der Waals surface area contributed by atoms with Crippen molar-refractivity contribution in [2.45, 2.75) is 31.3 Å². The second kappa shape index (κ2) is 6.57. The van der Waals surface area contributed by atoms with E-state index in [1.165, 1.54) is 17.2 Å². The van der Waals surface area contributed by atoms with Gasteiger partial charge in [0, 0.05) is 38.5 Å². The van der Waals surface area contributed by atoms with Crippen LogP contribution in [0.1, 0.15) is 29.6 Å². The Hall–Kier alpha value is -1.47. The van der Waals surface area contributed by atoms with Crippen LogP contribution in [0.4, 0.5) is 8.78 Å². The number of halogens is 3. The molecule has 5 nitrogen and oxygen atoms in total. The first-order valence-electron chi connectivity index (χ1n) is 7.52. The highest BCUT2D eigenvalue weighted by Crippen LogP contribution is 2.29. The zero-order valence-corrected chi connectivity index (χ0v) is 13.2. The average molecular weight is 347 g/mol. The molecule has 0 N–H and O–H groups in total. The second-order valence-corrected chi connectivity index (χ2v) is 6.17. The fourth-order valence-electron chi connectivity index (χ4n) is 2.61. The number of pyridine rings is 1. The average Bonchev–Trinajstić information content (AvgIpc) is 3.02. The maximum Gasteiger partial charge on any atom is 0.255 e. The van der Waals surface area contributed by atoms with Gasteiger partial charge in [-0.3, -0.25) is 4.79 Å². The summed E-state index contributed by atoms with van der Waals surface area (Å²) in [6.07, 6.45) is 1.41. The van der Waals surface area contributed by atoms with Crippen molar-refractivity contribution in [1.82, 2.24) is 9.88 Å². The van der Waals surface area contributed by atoms with E-state index >= 15 is 0 Å². The summed E-state index contributed by atoms with van der Waals surface area (Å²) in [7, 11) is 0. The van der Waals surface area contributed by atoms with Gasteiger partial charge in [0.25, 0.3) is 11.8 Å². The molecule has 8 heteroatoms. The molecule has 0 spiro atoms. The monoisotopic (exact) mass is 346 g/mol. The molecular formula is C15H17ClF2N2O3. The van der Waals surface area contributed by atoms with Crippen LogP contribution >= 0.6 is 11.6 Å². The molecule has 0 saturated carbocycles. The van der Waals surface area contributed by atoms with E-state index in [2.05, 4.69) is 4.98 Å². The molecule has 0 radical (unpaired) electrons. The fraction of sp³-hybridized carbons (Fsp3) is 0.600. The molecule has 0 bridgehead atoms. The van der Waals surface area contributed by atoms with Crippen molar-refractivity contribution in [2.24, 2.45) is 0 Å². The Kier molecular flexibility index (Phi) is 4.68. The Morgan fingerprint density at radius 2 is 2.17 bits per heavy atom. The van der Waals surface area contributed by atoms with Gasteiger partial charge in [-0.05, 0) is 6.07 Å². The lowest BCUT2D eigenvalue weighted by Crippen LogP contribution is -2.42. The number of piperidine rings is 1. The minimum absolute atomic E-state index is 0.0289. The van der Waals surface area contributed by atoms with Gasteiger partial charge >= 0.3 is 0 Å². The number of rotatable bonds is 3. The van der Waals surface area contributed by atoms with Gasteiger partial charge in [-0.2, -0.15) is 0 Å². The van der Waals surface area contributed by atoms with Gasteiger partial charge < -0.3 is 14.4 Å². The highest BCUT2D eigenvalue weighted by molar-refractivity contribution is 6.32. The number of alkyl halides is 2. The molecule has 1 atom stereocenters. The van der Waals surface area contributed by atoms with Gasteiger partial charge in [-0.15, -0.1) is 0 Å². The lowest BCUT2D eigenvalue weighted by atomic mass is 10.1. The molecule has 1 aromatic rings. The number of ether oxygens (including phenoxy) is 2. The van der Waals surface area contributed by atoms with E-state index in [0.717, 1.165) is 6.42 Å². The number of carbonyl (C=O) groups is 1. The summed E-state index contributed by atoms with van der Waals surface area (Å²) in [4.78, 5) is 17.8. The van der Waals surface area contributed by atoms with E-state index < -0.39 is 5.92 Å². The van der Waals surface area contributed by atoms with Gasteiger partial charge in [0.1, 0.15) is 11.1 Å². The number of aromatic nitrogens is 1. The minimum Gasteiger partial charge on any atom is -0.471 e. The van der Waals surface area contributed by atoms with E-state index in [9.17, 15) is 13.6 Å². The summed E-state index contributed by atoms with van der Waals surface area (Å²) in [5.41, 5.74) is 0.273. The first kappa shape index (κ1) is 16.4. The quantitative estimate of drug-likeness (QED) is 0.844. The zero-order valence-electron chi connectivity index (χ0n) is 12.4. The maximum atomic E-state index is 13.2. The third kappa shape index (κ3) is 3.90. The molecule has 126 valence electrons. The number of nitrogens with zero attached hydrogens (tertiary/aromatic N) is 2. The van der Waals surface area contributed by atoms with Crippen LogP contribution in [0.15, 0.2) is 12.3 Å². The van der Waals surface area contributed by atoms with Crippen molar-refractivity contribution in [3.05, 3.63) is 22.8 Å². The Bertz CT molecular complexity index is 584. The molecule has 1 amide bonds. The lowest BCUT2D eigenvalue weighted by molar-refractivity contribution is -0.0494. The third-order valence-corrected chi connectivity index (χ3v) is 4.27. The van der Waals surface area contributed by atoms with Crippen molar-refractivity contribution in [3.63, 3.8) is 0 Å². The summed E-state index contributed by atoms with van der Waals surface area (Å²) in [5, 5.41) is 0.227. The topological polar surface area (TPSA) is 51.7 Å². The van der Waals surface area contributed by atoms with Crippen LogP contribution in [0.25, 0.3) is 0 Å². The standard InChI is InChI=1S/C15H17ClF2N2O3/c16-12-7-10(8-19-13(12)23-11-1-6-22-9-11)14(21)20-4-2-15(17,18)3-5-20/h7-8,11H,1-6,9H2/t11-/m0/s1. The van der Waals surface area contributed by atoms with E-state index in [4.69, 9.17) is 21.1 Å². The van der Waals surface area contributed by atoms with Crippen LogP contribution in [0, 0.1) is 0 Å². The smallest absolute Gasteiger partial charge is 0.255 e. The number of hydrogen-bond acceptors (Lipinski definition) is 4. The van der Waals surface area contributed by atoms with Crippen LogP contribution in [0.5, 0.6) is 5.88 Å². The SMILES string of the molecule is O=C(c1cnc(O[C@H]2CCOC2)c(Cl)c1)N1CCC(F)(F)CC1. The highest BCUT2D eigenvalue weighted by atomic mass is 35.5. The van der Waals surface area contributed by atoms with Gasteiger partial charge in [0.05, 0.1) is 18.8 Å². The minimum atomic E-state index is -2.69. The Labute approximate surface area is 137 Å². The van der Waals surface area contributed by atoms with Crippen molar-refractivity contribution in [2.75, 3.05) is 26.3 Å². The van der Waals surface area contributed by atoms with Crippen LogP contribution in [0.3, 0.4) is 0 Å². The molecule has 2 aliphatic rings. The van der Waals surface area contributed by atoms with E-state index in [-0.39, 0.29) is 54.4 Å². The van der Waals surface area contributed by atoms with Gasteiger partial charge in [0.2, 0.25) is 5.88 Å². The normalized spacial score (nSPS) is 23.8. The molecule has 0 unspecified atom stereocenters. The van der Waals surface area contributed by atoms with Gasteiger partial charge in [-0.25, -0.2) is 13.8 Å². The largest absolute Gasteiger partial charge is 0.471 e. The molecular weight excluding hydrogens is 330 g/mol. The summed E-state index contributed by atoms with van der Waals surface area (Å²) < 4.78 is 37.1. The van der Waals surface area contributed by atoms with Crippen molar-refractivity contribution < 1.29 is 23.0 Å². The van der Waals surface area contributed by atoms with Crippen LogP contribution in [0.2, 0.25) is 5.02 Å². The summed E-state index contributed by atoms with van der Waals surface area (Å²) in [6.45, 7) is 1.18. The summed E-state index contributed by atoms with van der Waals surface area (Å²) in [6, 6.07) is 1.47. The highest BCUT2D eigenvalue weighted by Gasteiger charge is 2.36. The van der Waals surface area contributed by atoms with Crippen LogP contribution in [-0.2, 0) is 4.74 Å². The van der Waals surface area contributed by atoms with Crippen LogP contribution < -0.4 is 4.74 Å². The number of amides is 1. The molecule has 3 rings (SSSR count). The molecule has 3 heterocycles. The van der Waals surface area contributed by atoms with Crippen molar-refractivity contribution in [1.29, 1.82) is 0 Å². The lowest BCUT2D eigenvalue weighted by Gasteiger charge is -2.31. The molecule has 0 aliphatic carbocycles. The first-order chi connectivity index (χ1) is 10.9. The molecule has 2 fully saturated rings. The molecule has 1 aromatic heterocycles. The zero-order chi connectivity index (χ0) is 16.4. The van der Waals surface area contributed by atoms with Crippen molar-refractivity contribution in [3.8, 4) is 5.88 Å².